The summed E-state index contributed by atoms with van der Waals surface area (Å²) in [6.07, 6.45) is 1.39. The first-order valence-electron chi connectivity index (χ1n) is 9.91. The second kappa shape index (κ2) is 10.8. The predicted molar refractivity (Wildman–Crippen MR) is 120 cm³/mol. The fraction of sp³-hybridized carbons (Fsp3) is 0.174. The largest absolute Gasteiger partial charge is 0.491 e. The highest BCUT2D eigenvalue weighted by molar-refractivity contribution is 7.14. The van der Waals surface area contributed by atoms with Crippen molar-refractivity contribution in [3.8, 4) is 17.0 Å². The van der Waals surface area contributed by atoms with Gasteiger partial charge in [0.1, 0.15) is 11.6 Å². The summed E-state index contributed by atoms with van der Waals surface area (Å²) >= 11 is 0.997. The monoisotopic (exact) mass is 492 g/mol. The number of benzene rings is 2. The number of rotatable bonds is 9. The number of methoxy groups -OCH3 is 1. The summed E-state index contributed by atoms with van der Waals surface area (Å²) in [5.74, 6) is -5.89. The number of aliphatic carboxylic acids is 1. The molecule has 2 N–H and O–H groups in total. The number of anilines is 1. The molecule has 1 heterocycles. The van der Waals surface area contributed by atoms with Gasteiger partial charge in [0.25, 0.3) is 5.91 Å². The maximum atomic E-state index is 14.7. The Morgan fingerprint density at radius 3 is 2.53 bits per heavy atom. The van der Waals surface area contributed by atoms with Crippen LogP contribution in [0.1, 0.15) is 29.3 Å². The molecule has 3 rings (SSSR count). The molecule has 3 aromatic rings. The van der Waals surface area contributed by atoms with Crippen LogP contribution >= 0.6 is 11.3 Å². The molecule has 0 aliphatic rings. The van der Waals surface area contributed by atoms with E-state index in [1.807, 2.05) is 6.92 Å². The van der Waals surface area contributed by atoms with Crippen molar-refractivity contribution in [2.24, 2.45) is 0 Å². The Kier molecular flexibility index (Phi) is 7.90. The highest BCUT2D eigenvalue weighted by Gasteiger charge is 2.19. The predicted octanol–water partition coefficient (Wildman–Crippen LogP) is 5.34. The van der Waals surface area contributed by atoms with Crippen molar-refractivity contribution in [1.82, 2.24) is 4.98 Å². The van der Waals surface area contributed by atoms with Gasteiger partial charge in [-0.05, 0) is 30.7 Å². The topological polar surface area (TPSA) is 97.8 Å². The molecule has 0 spiro atoms. The van der Waals surface area contributed by atoms with E-state index in [1.165, 1.54) is 17.5 Å². The van der Waals surface area contributed by atoms with Crippen LogP contribution in [0.4, 0.5) is 18.3 Å². The summed E-state index contributed by atoms with van der Waals surface area (Å²) in [4.78, 5) is 27.7. The van der Waals surface area contributed by atoms with Gasteiger partial charge in [-0.15, -0.1) is 11.3 Å². The van der Waals surface area contributed by atoms with E-state index in [4.69, 9.17) is 9.84 Å². The number of halogens is 3. The Bertz CT molecular complexity index is 1240. The molecule has 0 atom stereocenters. The number of carbonyl (C=O) groups excluding carboxylic acids is 1. The molecule has 178 valence electrons. The van der Waals surface area contributed by atoms with Gasteiger partial charge in [0.05, 0.1) is 19.4 Å². The molecule has 34 heavy (non-hydrogen) atoms. The number of nitrogens with zero attached hydrogens (tertiary/aromatic N) is 1. The average molecular weight is 492 g/mol. The molecule has 11 heteroatoms. The molecule has 0 saturated carbocycles. The lowest BCUT2D eigenvalue weighted by molar-refractivity contribution is -0.135. The van der Waals surface area contributed by atoms with Gasteiger partial charge >= 0.3 is 5.97 Å². The maximum absolute atomic E-state index is 14.7. The van der Waals surface area contributed by atoms with Crippen molar-refractivity contribution in [2.45, 2.75) is 13.3 Å². The molecule has 2 aromatic carbocycles. The van der Waals surface area contributed by atoms with Crippen LogP contribution in [-0.4, -0.2) is 35.7 Å². The molecule has 0 fully saturated rings. The smallest absolute Gasteiger partial charge is 0.371 e. The van der Waals surface area contributed by atoms with Crippen LogP contribution < -0.4 is 10.1 Å². The highest BCUT2D eigenvalue weighted by Crippen LogP contribution is 2.31. The SMILES string of the molecule is CCCOc1cccc(-c2csc(NC(=O)c3cc(F)c(/C=C(\OC)C(=O)O)c(F)c3)n2)c1F. The van der Waals surface area contributed by atoms with Crippen LogP contribution in [-0.2, 0) is 9.53 Å². The van der Waals surface area contributed by atoms with Gasteiger partial charge in [0.2, 0.25) is 5.76 Å². The van der Waals surface area contributed by atoms with Crippen molar-refractivity contribution >= 4 is 34.4 Å². The summed E-state index contributed by atoms with van der Waals surface area (Å²) in [6, 6.07) is 6.13. The summed E-state index contributed by atoms with van der Waals surface area (Å²) in [7, 11) is 1.04. The maximum Gasteiger partial charge on any atom is 0.371 e. The zero-order chi connectivity index (χ0) is 24.8. The Labute approximate surface area is 196 Å². The van der Waals surface area contributed by atoms with Gasteiger partial charge < -0.3 is 14.6 Å². The van der Waals surface area contributed by atoms with E-state index < -0.39 is 40.7 Å². The van der Waals surface area contributed by atoms with Gasteiger partial charge in [-0.25, -0.2) is 22.9 Å². The zero-order valence-electron chi connectivity index (χ0n) is 18.0. The Balaban J connectivity index is 1.81. The molecule has 0 saturated heterocycles. The molecule has 0 bridgehead atoms. The van der Waals surface area contributed by atoms with Crippen LogP contribution in [0, 0.1) is 17.5 Å². The molecule has 0 aliphatic heterocycles. The van der Waals surface area contributed by atoms with Crippen LogP contribution in [0.3, 0.4) is 0 Å². The molecule has 1 aromatic heterocycles. The standard InChI is InChI=1S/C23H19F3N2O5S/c1-3-7-33-18-6-4-5-13(20(18)26)17-11-34-23(27-17)28-21(29)12-8-15(24)14(16(25)9-12)10-19(32-2)22(30)31/h4-6,8-11H,3,7H2,1-2H3,(H,30,31)(H,27,28,29)/b19-10-. The number of ether oxygens (including phenoxy) is 2. The van der Waals surface area contributed by atoms with Crippen LogP contribution in [0.5, 0.6) is 5.75 Å². The molecular weight excluding hydrogens is 473 g/mol. The quantitative estimate of drug-likeness (QED) is 0.309. The summed E-state index contributed by atoms with van der Waals surface area (Å²) < 4.78 is 53.4. The molecule has 1 amide bonds. The molecular formula is C23H19F3N2O5S. The van der Waals surface area contributed by atoms with Crippen molar-refractivity contribution in [3.05, 3.63) is 70.0 Å². The first-order chi connectivity index (χ1) is 16.2. The Morgan fingerprint density at radius 2 is 1.91 bits per heavy atom. The third-order valence-corrected chi connectivity index (χ3v) is 5.23. The summed E-state index contributed by atoms with van der Waals surface area (Å²) in [5, 5.41) is 12.9. The third-order valence-electron chi connectivity index (χ3n) is 4.47. The molecule has 0 unspecified atom stereocenters. The average Bonchev–Trinajstić information content (AvgIpc) is 3.25. The van der Waals surface area contributed by atoms with E-state index >= 15 is 0 Å². The minimum absolute atomic E-state index is 0.0802. The van der Waals surface area contributed by atoms with Gasteiger partial charge in [0.15, 0.2) is 16.7 Å². The first-order valence-corrected chi connectivity index (χ1v) is 10.8. The number of hydrogen-bond acceptors (Lipinski definition) is 6. The van der Waals surface area contributed by atoms with Crippen LogP contribution in [0.15, 0.2) is 41.5 Å². The zero-order valence-corrected chi connectivity index (χ0v) is 18.8. The number of nitrogens with one attached hydrogen (secondary N) is 1. The number of carbonyl (C=O) groups is 2. The fourth-order valence-corrected chi connectivity index (χ4v) is 3.55. The summed E-state index contributed by atoms with van der Waals surface area (Å²) in [5.41, 5.74) is -0.614. The highest BCUT2D eigenvalue weighted by atomic mass is 32.1. The van der Waals surface area contributed by atoms with Gasteiger partial charge in [-0.3, -0.25) is 10.1 Å². The third kappa shape index (κ3) is 5.54. The van der Waals surface area contributed by atoms with Crippen LogP contribution in [0.25, 0.3) is 17.3 Å². The number of thiazole rings is 1. The number of carboxylic acids is 1. The lowest BCUT2D eigenvalue weighted by Gasteiger charge is -2.08. The van der Waals surface area contributed by atoms with E-state index in [1.54, 1.807) is 6.07 Å². The van der Waals surface area contributed by atoms with Gasteiger partial charge in [-0.1, -0.05) is 13.0 Å². The number of aromatic nitrogens is 1. The van der Waals surface area contributed by atoms with Gasteiger partial charge in [0, 0.05) is 28.1 Å². The Morgan fingerprint density at radius 1 is 1.21 bits per heavy atom. The molecule has 7 nitrogen and oxygen atoms in total. The lowest BCUT2D eigenvalue weighted by atomic mass is 10.1. The molecule has 0 aliphatic carbocycles. The minimum atomic E-state index is -1.51. The van der Waals surface area contributed by atoms with Crippen molar-refractivity contribution in [2.75, 3.05) is 19.0 Å². The van der Waals surface area contributed by atoms with E-state index in [9.17, 15) is 22.8 Å². The fourth-order valence-electron chi connectivity index (χ4n) is 2.85. The lowest BCUT2D eigenvalue weighted by Crippen LogP contribution is -2.13. The first kappa shape index (κ1) is 24.8. The van der Waals surface area contributed by atoms with E-state index in [0.717, 1.165) is 30.6 Å². The van der Waals surface area contributed by atoms with Crippen molar-refractivity contribution in [1.29, 1.82) is 0 Å². The normalized spacial score (nSPS) is 11.3. The van der Waals surface area contributed by atoms with E-state index in [2.05, 4.69) is 15.0 Å². The van der Waals surface area contributed by atoms with Crippen molar-refractivity contribution in [3.63, 3.8) is 0 Å². The van der Waals surface area contributed by atoms with Crippen molar-refractivity contribution < 1.29 is 37.3 Å². The summed E-state index contributed by atoms with van der Waals surface area (Å²) in [6.45, 7) is 2.25. The second-order valence-corrected chi connectivity index (χ2v) is 7.69. The molecule has 0 radical (unpaired) electrons. The van der Waals surface area contributed by atoms with E-state index in [0.29, 0.717) is 19.1 Å². The second-order valence-electron chi connectivity index (χ2n) is 6.83. The number of hydrogen-bond donors (Lipinski definition) is 2. The minimum Gasteiger partial charge on any atom is -0.491 e. The van der Waals surface area contributed by atoms with E-state index in [-0.39, 0.29) is 27.7 Å². The number of carboxylic acid groups (broad SMARTS) is 1. The van der Waals surface area contributed by atoms with Gasteiger partial charge in [-0.2, -0.15) is 0 Å². The Hall–Kier alpha value is -3.86. The number of amides is 1. The van der Waals surface area contributed by atoms with Crippen LogP contribution in [0.2, 0.25) is 0 Å².